The van der Waals surface area contributed by atoms with Gasteiger partial charge < -0.3 is 14.2 Å². The fourth-order valence-electron chi connectivity index (χ4n) is 3.59. The van der Waals surface area contributed by atoms with E-state index in [1.165, 1.54) is 9.14 Å². The summed E-state index contributed by atoms with van der Waals surface area (Å²) in [5.41, 5.74) is 5.59. The van der Waals surface area contributed by atoms with Crippen molar-refractivity contribution in [2.24, 2.45) is 0 Å². The molecule has 3 aromatic rings. The van der Waals surface area contributed by atoms with Crippen LogP contribution in [0.5, 0.6) is 17.2 Å². The predicted molar refractivity (Wildman–Crippen MR) is 121 cm³/mol. The first-order valence-corrected chi connectivity index (χ1v) is 10.1. The number of hydrogen-bond acceptors (Lipinski definition) is 3. The molecular formula is C24H21IO3. The summed E-state index contributed by atoms with van der Waals surface area (Å²) >= 11 is 2.32. The molecule has 1 aliphatic heterocycles. The minimum Gasteiger partial charge on any atom is -0.497 e. The molecule has 1 atom stereocenters. The van der Waals surface area contributed by atoms with Gasteiger partial charge >= 0.3 is 0 Å². The monoisotopic (exact) mass is 484 g/mol. The molecule has 0 saturated carbocycles. The van der Waals surface area contributed by atoms with Crippen LogP contribution in [-0.2, 0) is 0 Å². The van der Waals surface area contributed by atoms with E-state index in [0.29, 0.717) is 0 Å². The first-order valence-electron chi connectivity index (χ1n) is 9.06. The summed E-state index contributed by atoms with van der Waals surface area (Å²) in [5, 5.41) is 0. The van der Waals surface area contributed by atoms with Crippen LogP contribution in [0.15, 0.2) is 66.7 Å². The second-order valence-corrected chi connectivity index (χ2v) is 7.93. The normalized spacial score (nSPS) is 15.6. The van der Waals surface area contributed by atoms with Crippen molar-refractivity contribution in [3.8, 4) is 17.2 Å². The zero-order valence-corrected chi connectivity index (χ0v) is 18.2. The molecule has 4 rings (SSSR count). The van der Waals surface area contributed by atoms with Gasteiger partial charge in [0.1, 0.15) is 23.4 Å². The van der Waals surface area contributed by atoms with Crippen LogP contribution in [0, 0.1) is 3.57 Å². The van der Waals surface area contributed by atoms with Gasteiger partial charge in [0.25, 0.3) is 0 Å². The van der Waals surface area contributed by atoms with Gasteiger partial charge in [-0.25, -0.2) is 0 Å². The van der Waals surface area contributed by atoms with Gasteiger partial charge in [-0.05, 0) is 88.7 Å². The second-order valence-electron chi connectivity index (χ2n) is 6.68. The number of fused-ring (bicyclic) bond motifs is 1. The van der Waals surface area contributed by atoms with Crippen LogP contribution in [0.2, 0.25) is 0 Å². The number of benzene rings is 3. The molecule has 4 heteroatoms. The Morgan fingerprint density at radius 2 is 1.57 bits per heavy atom. The van der Waals surface area contributed by atoms with Gasteiger partial charge in [-0.3, -0.25) is 0 Å². The molecular weight excluding hydrogens is 463 g/mol. The summed E-state index contributed by atoms with van der Waals surface area (Å²) in [5.74, 6) is 2.52. The fraction of sp³-hybridized carbons (Fsp3) is 0.167. The van der Waals surface area contributed by atoms with Crippen molar-refractivity contribution >= 4 is 33.7 Å². The van der Waals surface area contributed by atoms with E-state index in [-0.39, 0.29) is 6.10 Å². The van der Waals surface area contributed by atoms with Gasteiger partial charge in [0, 0.05) is 14.7 Å². The van der Waals surface area contributed by atoms with Crippen LogP contribution in [0.25, 0.3) is 11.1 Å². The van der Waals surface area contributed by atoms with Gasteiger partial charge in [0.15, 0.2) is 0 Å². The maximum Gasteiger partial charge on any atom is 0.150 e. The Kier molecular flexibility index (Phi) is 5.31. The van der Waals surface area contributed by atoms with E-state index < -0.39 is 0 Å². The zero-order valence-electron chi connectivity index (χ0n) is 16.0. The number of methoxy groups -OCH3 is 2. The lowest BCUT2D eigenvalue weighted by Gasteiger charge is -2.31. The lowest BCUT2D eigenvalue weighted by atomic mass is 9.86. The number of hydrogen-bond donors (Lipinski definition) is 0. The predicted octanol–water partition coefficient (Wildman–Crippen LogP) is 6.37. The number of allylic oxidation sites excluding steroid dienone is 1. The fourth-order valence-corrected chi connectivity index (χ4v) is 3.95. The topological polar surface area (TPSA) is 27.7 Å². The highest BCUT2D eigenvalue weighted by molar-refractivity contribution is 14.1. The molecule has 1 aliphatic rings. The molecule has 0 bridgehead atoms. The maximum atomic E-state index is 6.51. The molecule has 0 fully saturated rings. The Morgan fingerprint density at radius 3 is 2.29 bits per heavy atom. The Balaban J connectivity index is 1.93. The summed E-state index contributed by atoms with van der Waals surface area (Å²) in [7, 11) is 3.37. The van der Waals surface area contributed by atoms with Gasteiger partial charge in [0.2, 0.25) is 0 Å². The van der Waals surface area contributed by atoms with Gasteiger partial charge in [-0.1, -0.05) is 24.3 Å². The van der Waals surface area contributed by atoms with Crippen molar-refractivity contribution in [3.63, 3.8) is 0 Å². The molecule has 1 unspecified atom stereocenters. The molecule has 3 nitrogen and oxygen atoms in total. The summed E-state index contributed by atoms with van der Waals surface area (Å²) in [6, 6.07) is 22.6. The van der Waals surface area contributed by atoms with Crippen LogP contribution in [0.3, 0.4) is 0 Å². The number of halogens is 1. The third-order valence-electron chi connectivity index (χ3n) is 5.06. The maximum absolute atomic E-state index is 6.51. The molecule has 0 aromatic heterocycles. The van der Waals surface area contributed by atoms with Crippen LogP contribution in [-0.4, -0.2) is 14.2 Å². The van der Waals surface area contributed by atoms with Crippen LogP contribution in [0.1, 0.15) is 29.7 Å². The first-order chi connectivity index (χ1) is 13.6. The highest BCUT2D eigenvalue weighted by Gasteiger charge is 2.29. The standard InChI is InChI=1S/C24H21IO3/c1-15-21-14-20(27-3)11-12-22(21)28-24(16-7-9-18(25)10-8-16)23(15)17-5-4-6-19(13-17)26-2/h4-14,24H,1-3H3. The summed E-state index contributed by atoms with van der Waals surface area (Å²) in [4.78, 5) is 0. The van der Waals surface area contributed by atoms with Crippen molar-refractivity contribution < 1.29 is 14.2 Å². The van der Waals surface area contributed by atoms with E-state index in [1.807, 2.05) is 30.3 Å². The molecule has 142 valence electrons. The third kappa shape index (κ3) is 3.49. The lowest BCUT2D eigenvalue weighted by molar-refractivity contribution is 0.259. The molecule has 0 radical (unpaired) electrons. The Hall–Kier alpha value is -2.47. The van der Waals surface area contributed by atoms with Gasteiger partial charge in [-0.2, -0.15) is 0 Å². The van der Waals surface area contributed by atoms with E-state index in [0.717, 1.165) is 39.5 Å². The molecule has 28 heavy (non-hydrogen) atoms. The molecule has 0 spiro atoms. The second kappa shape index (κ2) is 7.87. The van der Waals surface area contributed by atoms with Crippen molar-refractivity contribution in [2.45, 2.75) is 13.0 Å². The number of ether oxygens (including phenoxy) is 3. The first kappa shape index (κ1) is 18.9. The quantitative estimate of drug-likeness (QED) is 0.403. The summed E-state index contributed by atoms with van der Waals surface area (Å²) < 4.78 is 18.6. The van der Waals surface area contributed by atoms with Crippen molar-refractivity contribution in [1.29, 1.82) is 0 Å². The van der Waals surface area contributed by atoms with E-state index >= 15 is 0 Å². The average Bonchev–Trinajstić information content (AvgIpc) is 2.74. The van der Waals surface area contributed by atoms with Crippen LogP contribution >= 0.6 is 22.6 Å². The largest absolute Gasteiger partial charge is 0.497 e. The molecule has 0 saturated heterocycles. The molecule has 0 aliphatic carbocycles. The van der Waals surface area contributed by atoms with Crippen molar-refractivity contribution in [3.05, 3.63) is 87.0 Å². The van der Waals surface area contributed by atoms with E-state index in [1.54, 1.807) is 14.2 Å². The summed E-state index contributed by atoms with van der Waals surface area (Å²) in [6.07, 6.45) is -0.190. The average molecular weight is 484 g/mol. The van der Waals surface area contributed by atoms with Gasteiger partial charge in [-0.15, -0.1) is 0 Å². The Morgan fingerprint density at radius 1 is 0.857 bits per heavy atom. The van der Waals surface area contributed by atoms with Crippen LogP contribution in [0.4, 0.5) is 0 Å². The lowest BCUT2D eigenvalue weighted by Crippen LogP contribution is -2.16. The minimum atomic E-state index is -0.190. The van der Waals surface area contributed by atoms with Gasteiger partial charge in [0.05, 0.1) is 14.2 Å². The minimum absolute atomic E-state index is 0.190. The highest BCUT2D eigenvalue weighted by Crippen LogP contribution is 2.47. The smallest absolute Gasteiger partial charge is 0.150 e. The molecule has 0 amide bonds. The Labute approximate surface area is 179 Å². The van der Waals surface area contributed by atoms with Crippen molar-refractivity contribution in [1.82, 2.24) is 0 Å². The van der Waals surface area contributed by atoms with E-state index in [4.69, 9.17) is 14.2 Å². The highest BCUT2D eigenvalue weighted by atomic mass is 127. The molecule has 0 N–H and O–H groups in total. The van der Waals surface area contributed by atoms with Crippen LogP contribution < -0.4 is 14.2 Å². The summed E-state index contributed by atoms with van der Waals surface area (Å²) in [6.45, 7) is 2.15. The molecule has 1 heterocycles. The van der Waals surface area contributed by atoms with E-state index in [2.05, 4.69) is 65.9 Å². The SMILES string of the molecule is COc1cccc(C2=C(C)c3cc(OC)ccc3OC2c2ccc(I)cc2)c1. The van der Waals surface area contributed by atoms with E-state index in [9.17, 15) is 0 Å². The third-order valence-corrected chi connectivity index (χ3v) is 5.77. The zero-order chi connectivity index (χ0) is 19.7. The molecule has 3 aromatic carbocycles. The number of rotatable bonds is 4. The Bertz CT molecular complexity index is 1040. The van der Waals surface area contributed by atoms with Crippen molar-refractivity contribution in [2.75, 3.05) is 14.2 Å².